The Bertz CT molecular complexity index is 5030. The topological polar surface area (TPSA) is 4.93 Å². The van der Waals surface area contributed by atoms with Crippen molar-refractivity contribution in [1.29, 1.82) is 0 Å². The molecular weight excluding hydrogens is 1010 g/mol. The first-order valence-corrected chi connectivity index (χ1v) is 29.5. The molecule has 18 rings (SSSR count). The average molecular weight is 1060 g/mol. The van der Waals surface area contributed by atoms with Crippen LogP contribution in [0.2, 0.25) is 0 Å². The minimum absolute atomic E-state index is 0.416. The molecule has 4 aliphatic carbocycles. The second-order valence-corrected chi connectivity index (χ2v) is 23.5. The van der Waals surface area contributed by atoms with Crippen LogP contribution < -0.4 is 0 Å². The number of nitrogens with zero attached hydrogens (tertiary/aromatic N) is 1. The molecule has 0 amide bonds. The molecule has 0 saturated heterocycles. The van der Waals surface area contributed by atoms with E-state index >= 15 is 0 Å². The molecule has 0 saturated carbocycles. The van der Waals surface area contributed by atoms with E-state index in [0.717, 1.165) is 5.56 Å². The number of aromatic nitrogens is 1. The van der Waals surface area contributed by atoms with Gasteiger partial charge in [-0.15, -0.1) is 0 Å². The number of para-hydroxylation sites is 2. The lowest BCUT2D eigenvalue weighted by molar-refractivity contribution is 0.792. The number of rotatable bonds is 6. The van der Waals surface area contributed by atoms with Crippen molar-refractivity contribution < 1.29 is 0 Å². The first kappa shape index (κ1) is 47.1. The Morgan fingerprint density at radius 3 is 1.08 bits per heavy atom. The molecular formula is C83H53N. The van der Waals surface area contributed by atoms with E-state index in [0.29, 0.717) is 0 Å². The van der Waals surface area contributed by atoms with E-state index in [1.165, 1.54) is 161 Å². The third-order valence-electron chi connectivity index (χ3n) is 19.3. The van der Waals surface area contributed by atoms with Crippen LogP contribution in [0.25, 0.3) is 118 Å². The first-order valence-electron chi connectivity index (χ1n) is 29.5. The van der Waals surface area contributed by atoms with Gasteiger partial charge in [-0.1, -0.05) is 260 Å². The molecule has 13 aromatic carbocycles. The molecule has 1 aromatic heterocycles. The van der Waals surface area contributed by atoms with E-state index in [1.807, 2.05) is 0 Å². The summed E-state index contributed by atoms with van der Waals surface area (Å²) < 4.78 is 2.37. The van der Waals surface area contributed by atoms with Gasteiger partial charge in [0.1, 0.15) is 0 Å². The Hall–Kier alpha value is -10.6. The van der Waals surface area contributed by atoms with E-state index in [2.05, 4.69) is 315 Å². The average Bonchev–Trinajstić information content (AvgIpc) is 1.73. The SMILES string of the molecule is Cc1ccc2c(c1)C1(c3ccccc3-c3ccccc31)c1cc(-c3ccc4c(c3)C3(c5ccccc5-c5ccccc53)c3cc(-c5ccc(C=Cc6ccc(-c7ccc8c(c7)c7ccccc7n8-c7ccccc7)cc6)cc5)ccc3-4)ccc1-2. The van der Waals surface area contributed by atoms with Gasteiger partial charge in [0, 0.05) is 16.5 Å². The van der Waals surface area contributed by atoms with Gasteiger partial charge in [0.05, 0.1) is 21.9 Å². The molecule has 0 atom stereocenters. The van der Waals surface area contributed by atoms with Crippen molar-refractivity contribution >= 4 is 34.0 Å². The van der Waals surface area contributed by atoms with Gasteiger partial charge >= 0.3 is 0 Å². The van der Waals surface area contributed by atoms with E-state index in [9.17, 15) is 0 Å². The molecule has 390 valence electrons. The molecule has 0 bridgehead atoms. The number of hydrogen-bond acceptors (Lipinski definition) is 0. The van der Waals surface area contributed by atoms with Gasteiger partial charge in [-0.25, -0.2) is 0 Å². The Balaban J connectivity index is 0.696. The summed E-state index contributed by atoms with van der Waals surface area (Å²) in [7, 11) is 0. The molecule has 0 N–H and O–H groups in total. The van der Waals surface area contributed by atoms with Crippen molar-refractivity contribution in [2.45, 2.75) is 17.8 Å². The fourth-order valence-corrected chi connectivity index (χ4v) is 15.7. The third kappa shape index (κ3) is 6.44. The second kappa shape index (κ2) is 17.7. The minimum Gasteiger partial charge on any atom is -0.309 e. The van der Waals surface area contributed by atoms with Gasteiger partial charge in [-0.05, 0) is 189 Å². The van der Waals surface area contributed by atoms with Gasteiger partial charge < -0.3 is 4.57 Å². The standard InChI is InChI=1S/C83H53N/c1-52-27-42-66-67-44-39-59(50-78(67)82(76(66)47-52)72-22-10-5-17-62(72)63-18-6-11-23-73(63)82)60-40-45-69-68-43-38-58(49-77(68)83(79(69)51-60)74-24-12-7-19-64(74)65-20-8-13-25-75(65)83)56-36-32-54(33-37-56)29-28-53-30-34-55(35-31-53)57-41-46-81-71(48-57)70-21-9-14-26-80(70)84(81)61-15-3-2-4-16-61/h2-51H,1H3. The van der Waals surface area contributed by atoms with Crippen LogP contribution in [0.5, 0.6) is 0 Å². The van der Waals surface area contributed by atoms with E-state index in [-0.39, 0.29) is 0 Å². The highest BCUT2D eigenvalue weighted by molar-refractivity contribution is 6.10. The molecule has 2 spiro atoms. The summed E-state index contributed by atoms with van der Waals surface area (Å²) in [6.07, 6.45) is 4.45. The lowest BCUT2D eigenvalue weighted by Gasteiger charge is -2.31. The Labute approximate surface area is 489 Å². The van der Waals surface area contributed by atoms with Crippen LogP contribution in [-0.2, 0) is 10.8 Å². The normalized spacial score (nSPS) is 13.9. The van der Waals surface area contributed by atoms with Crippen molar-refractivity contribution in [2.75, 3.05) is 0 Å². The summed E-state index contributed by atoms with van der Waals surface area (Å²) >= 11 is 0. The molecule has 4 aliphatic rings. The quantitative estimate of drug-likeness (QED) is 0.146. The van der Waals surface area contributed by atoms with Crippen LogP contribution in [0.15, 0.2) is 291 Å². The lowest BCUT2D eigenvalue weighted by atomic mass is 9.69. The zero-order chi connectivity index (χ0) is 55.3. The van der Waals surface area contributed by atoms with Gasteiger partial charge in [0.15, 0.2) is 0 Å². The number of fused-ring (bicyclic) bond motifs is 23. The summed E-state index contributed by atoms with van der Waals surface area (Å²) in [4.78, 5) is 0. The molecule has 1 heterocycles. The van der Waals surface area contributed by atoms with Crippen molar-refractivity contribution in [3.05, 3.63) is 352 Å². The van der Waals surface area contributed by atoms with Crippen LogP contribution in [0.3, 0.4) is 0 Å². The van der Waals surface area contributed by atoms with Crippen molar-refractivity contribution in [3.63, 3.8) is 0 Å². The highest BCUT2D eigenvalue weighted by Crippen LogP contribution is 2.65. The Kier molecular flexibility index (Phi) is 9.92. The molecule has 84 heavy (non-hydrogen) atoms. The zero-order valence-corrected chi connectivity index (χ0v) is 46.3. The molecule has 14 aromatic rings. The van der Waals surface area contributed by atoms with E-state index in [4.69, 9.17) is 0 Å². The third-order valence-corrected chi connectivity index (χ3v) is 19.3. The zero-order valence-electron chi connectivity index (χ0n) is 46.3. The van der Waals surface area contributed by atoms with E-state index in [1.54, 1.807) is 0 Å². The summed E-state index contributed by atoms with van der Waals surface area (Å²) in [6, 6.07) is 110. The molecule has 1 nitrogen and oxygen atoms in total. The Morgan fingerprint density at radius 2 is 0.595 bits per heavy atom. The summed E-state index contributed by atoms with van der Waals surface area (Å²) in [5.74, 6) is 0. The van der Waals surface area contributed by atoms with Crippen molar-refractivity contribution in [2.24, 2.45) is 0 Å². The van der Waals surface area contributed by atoms with Gasteiger partial charge in [0.2, 0.25) is 0 Å². The fourth-order valence-electron chi connectivity index (χ4n) is 15.7. The Morgan fingerprint density at radius 1 is 0.250 bits per heavy atom. The minimum atomic E-state index is -0.507. The van der Waals surface area contributed by atoms with Crippen LogP contribution in [0.4, 0.5) is 0 Å². The molecule has 0 fully saturated rings. The van der Waals surface area contributed by atoms with Crippen LogP contribution in [-0.4, -0.2) is 4.57 Å². The van der Waals surface area contributed by atoms with Crippen molar-refractivity contribution in [1.82, 2.24) is 4.57 Å². The molecule has 1 heteroatoms. The summed E-state index contributed by atoms with van der Waals surface area (Å²) in [5, 5.41) is 2.52. The highest BCUT2D eigenvalue weighted by Gasteiger charge is 2.53. The van der Waals surface area contributed by atoms with Gasteiger partial charge in [0.25, 0.3) is 0 Å². The summed E-state index contributed by atoms with van der Waals surface area (Å²) in [6.45, 7) is 2.24. The smallest absolute Gasteiger partial charge is 0.0725 e. The van der Waals surface area contributed by atoms with Gasteiger partial charge in [-0.3, -0.25) is 0 Å². The monoisotopic (exact) mass is 1060 g/mol. The largest absolute Gasteiger partial charge is 0.309 e. The summed E-state index contributed by atoms with van der Waals surface area (Å²) in [5.41, 5.74) is 35.0. The molecule has 0 unspecified atom stereocenters. The number of hydrogen-bond donors (Lipinski definition) is 0. The lowest BCUT2D eigenvalue weighted by Crippen LogP contribution is -2.26. The number of aryl methyl sites for hydroxylation is 1. The fraction of sp³-hybridized carbons (Fsp3) is 0.0361. The molecule has 0 radical (unpaired) electrons. The maximum absolute atomic E-state index is 2.55. The van der Waals surface area contributed by atoms with Crippen LogP contribution >= 0.6 is 0 Å². The van der Waals surface area contributed by atoms with E-state index < -0.39 is 10.8 Å². The maximum Gasteiger partial charge on any atom is 0.0725 e. The molecule has 0 aliphatic heterocycles. The van der Waals surface area contributed by atoms with Crippen molar-refractivity contribution in [3.8, 4) is 83.6 Å². The highest BCUT2D eigenvalue weighted by atomic mass is 15.0. The maximum atomic E-state index is 2.55. The second-order valence-electron chi connectivity index (χ2n) is 23.5. The number of benzene rings is 13. The van der Waals surface area contributed by atoms with Crippen LogP contribution in [0.1, 0.15) is 61.2 Å². The first-order chi connectivity index (χ1) is 41.5. The van der Waals surface area contributed by atoms with Crippen LogP contribution in [0, 0.1) is 6.92 Å². The predicted molar refractivity (Wildman–Crippen MR) is 350 cm³/mol. The van der Waals surface area contributed by atoms with Gasteiger partial charge in [-0.2, -0.15) is 0 Å². The predicted octanol–water partition coefficient (Wildman–Crippen LogP) is 21.0.